The summed E-state index contributed by atoms with van der Waals surface area (Å²) in [6, 6.07) is 0. The van der Waals surface area contributed by atoms with Gasteiger partial charge in [-0.15, -0.1) is 0 Å². The van der Waals surface area contributed by atoms with E-state index in [1.807, 2.05) is 0 Å². The first-order valence-electron chi connectivity index (χ1n) is 22.3. The van der Waals surface area contributed by atoms with Crippen LogP contribution in [0, 0.1) is 0 Å². The highest BCUT2D eigenvalue weighted by Gasteiger charge is 2.33. The van der Waals surface area contributed by atoms with Crippen molar-refractivity contribution < 1.29 is 37.9 Å². The number of ether oxygens (including phenoxy) is 2. The number of unbranched alkanes of at least 4 members (excludes halogenated alkanes) is 24. The molecule has 0 heterocycles. The monoisotopic (exact) mass is 761 g/mol. The molecule has 0 fully saturated rings. The molecule has 1 unspecified atom stereocenters. The van der Waals surface area contributed by atoms with E-state index in [0.29, 0.717) is 13.0 Å². The van der Waals surface area contributed by atoms with E-state index in [0.717, 1.165) is 62.6 Å². The summed E-state index contributed by atoms with van der Waals surface area (Å²) in [7, 11) is -3.92. The van der Waals surface area contributed by atoms with Gasteiger partial charge < -0.3 is 18.9 Å². The average molecular weight is 761 g/mol. The quantitative estimate of drug-likeness (QED) is 0.0287. The fraction of sp³-hybridized carbons (Fsp3) is 0.953. The lowest BCUT2D eigenvalue weighted by molar-refractivity contribution is -0.921. The van der Waals surface area contributed by atoms with E-state index in [-0.39, 0.29) is 37.7 Å². The number of hydrogen-bond donors (Lipinski definition) is 1. The van der Waals surface area contributed by atoms with E-state index in [1.165, 1.54) is 128 Å². The summed E-state index contributed by atoms with van der Waals surface area (Å²) in [5.41, 5.74) is 0. The van der Waals surface area contributed by atoms with Crippen LogP contribution in [-0.4, -0.2) is 73.0 Å². The zero-order valence-electron chi connectivity index (χ0n) is 35.1. The minimum absolute atomic E-state index is 0.0288. The average Bonchev–Trinajstić information content (AvgIpc) is 3.14. The summed E-state index contributed by atoms with van der Waals surface area (Å²) in [4.78, 5) is 48.9. The standard InChI is InChI=1S/C43H86NO7P/c1-6-11-13-15-17-19-21-23-25-27-29-31-33-35-42(45)49-39-41(40-50-52(47,48)38-37-44(8-3,9-4)10-5)51-43(46)36-34-32-30-28-26-24-22-20-18-16-14-12-7-2/h41H,6-40H2,1-5H3/p+1/t41-/m1/s1. The van der Waals surface area contributed by atoms with Crippen molar-refractivity contribution in [3.63, 3.8) is 0 Å². The predicted octanol–water partition coefficient (Wildman–Crippen LogP) is 11.4. The summed E-state index contributed by atoms with van der Waals surface area (Å²) < 4.78 is 17.4. The minimum atomic E-state index is -3.92. The molecule has 1 N–H and O–H groups in total. The van der Waals surface area contributed by atoms with Gasteiger partial charge in [-0.1, -0.05) is 168 Å². The van der Waals surface area contributed by atoms with Crippen LogP contribution in [0.4, 0.5) is 0 Å². The molecule has 0 aliphatic heterocycles. The van der Waals surface area contributed by atoms with Gasteiger partial charge in [0, 0.05) is 12.8 Å². The predicted molar refractivity (Wildman–Crippen MR) is 218 cm³/mol. The Morgan fingerprint density at radius 1 is 0.538 bits per heavy atom. The highest BCUT2D eigenvalue weighted by Crippen LogP contribution is 2.46. The molecular weight excluding hydrogens is 673 g/mol. The molecule has 0 aromatic rings. The molecule has 52 heavy (non-hydrogen) atoms. The Kier molecular flexibility index (Phi) is 35.3. The molecule has 0 bridgehead atoms. The van der Waals surface area contributed by atoms with Crippen molar-refractivity contribution in [2.75, 3.05) is 45.6 Å². The first-order valence-corrected chi connectivity index (χ1v) is 24.1. The molecule has 0 aliphatic carbocycles. The molecule has 0 aliphatic rings. The largest absolute Gasteiger partial charge is 0.631 e. The van der Waals surface area contributed by atoms with E-state index in [9.17, 15) is 19.4 Å². The highest BCUT2D eigenvalue weighted by molar-refractivity contribution is 7.58. The third-order valence-corrected chi connectivity index (χ3v) is 12.3. The molecule has 0 saturated heterocycles. The first-order chi connectivity index (χ1) is 25.2. The Morgan fingerprint density at radius 2 is 0.885 bits per heavy atom. The van der Waals surface area contributed by atoms with Crippen LogP contribution in [-0.2, 0) is 23.6 Å². The van der Waals surface area contributed by atoms with Crippen molar-refractivity contribution >= 4 is 19.9 Å². The molecule has 0 aromatic carbocycles. The third-order valence-electron chi connectivity index (χ3n) is 11.0. The van der Waals surface area contributed by atoms with Gasteiger partial charge in [0.2, 0.25) is 7.94 Å². The van der Waals surface area contributed by atoms with Crippen LogP contribution in [0.25, 0.3) is 0 Å². The van der Waals surface area contributed by atoms with Crippen LogP contribution in [0.1, 0.15) is 214 Å². The molecule has 0 rings (SSSR count). The molecule has 310 valence electrons. The Morgan fingerprint density at radius 3 is 1.25 bits per heavy atom. The van der Waals surface area contributed by atoms with Crippen molar-refractivity contribution in [3.8, 4) is 0 Å². The molecule has 0 radical (unpaired) electrons. The maximum absolute atomic E-state index is 13.0. The number of carbonyl (C=O) groups excluding carboxylic acids is 2. The van der Waals surface area contributed by atoms with Crippen molar-refractivity contribution in [2.24, 2.45) is 0 Å². The van der Waals surface area contributed by atoms with Crippen molar-refractivity contribution in [3.05, 3.63) is 0 Å². The number of carbonyl (C=O) groups is 2. The molecule has 2 atom stereocenters. The maximum atomic E-state index is 13.0. The van der Waals surface area contributed by atoms with Crippen LogP contribution in [0.3, 0.4) is 0 Å². The summed E-state index contributed by atoms with van der Waals surface area (Å²) in [6.45, 7) is 13.5. The zero-order valence-corrected chi connectivity index (χ0v) is 36.0. The van der Waals surface area contributed by atoms with Crippen LogP contribution in [0.5, 0.6) is 0 Å². The Hall–Kier alpha value is -0.790. The number of nitrogens with zero attached hydrogens (tertiary/aromatic N) is 1. The lowest BCUT2D eigenvalue weighted by Crippen LogP contribution is -2.50. The van der Waals surface area contributed by atoms with Gasteiger partial charge in [-0.2, -0.15) is 0 Å². The smallest absolute Gasteiger partial charge is 0.306 e. The van der Waals surface area contributed by atoms with Gasteiger partial charge >= 0.3 is 11.9 Å². The van der Waals surface area contributed by atoms with Gasteiger partial charge in [0.25, 0.3) is 0 Å². The second-order valence-electron chi connectivity index (χ2n) is 15.5. The van der Waals surface area contributed by atoms with Crippen LogP contribution < -0.4 is 4.89 Å². The topological polar surface area (TPSA) is 105 Å². The van der Waals surface area contributed by atoms with Gasteiger partial charge in [-0.25, -0.2) is 9.42 Å². The van der Waals surface area contributed by atoms with Crippen LogP contribution in [0.15, 0.2) is 0 Å². The fourth-order valence-corrected chi connectivity index (χ4v) is 8.15. The van der Waals surface area contributed by atoms with Gasteiger partial charge in [0.05, 0.1) is 19.6 Å². The van der Waals surface area contributed by atoms with Crippen molar-refractivity contribution in [1.82, 2.24) is 0 Å². The second kappa shape index (κ2) is 35.9. The lowest BCUT2D eigenvalue weighted by atomic mass is 10.0. The van der Waals surface area contributed by atoms with Gasteiger partial charge in [0.15, 0.2) is 12.3 Å². The summed E-state index contributed by atoms with van der Waals surface area (Å²) in [5, 5.41) is 0. The molecular formula is C43H87NO7P+. The molecule has 0 spiro atoms. The Labute approximate surface area is 323 Å². The van der Waals surface area contributed by atoms with Gasteiger partial charge in [-0.3, -0.25) is 9.59 Å². The first kappa shape index (κ1) is 51.2. The van der Waals surface area contributed by atoms with Crippen molar-refractivity contribution in [1.29, 1.82) is 0 Å². The van der Waals surface area contributed by atoms with E-state index < -0.39 is 14.0 Å². The summed E-state index contributed by atoms with van der Waals surface area (Å²) >= 11 is 0. The second-order valence-corrected chi connectivity index (χ2v) is 17.4. The molecule has 0 amide bonds. The van der Waals surface area contributed by atoms with E-state index in [1.54, 1.807) is 0 Å². The lowest BCUT2D eigenvalue weighted by Gasteiger charge is -2.37. The molecule has 9 heteroatoms. The van der Waals surface area contributed by atoms with E-state index in [2.05, 4.69) is 34.6 Å². The van der Waals surface area contributed by atoms with E-state index >= 15 is 0 Å². The summed E-state index contributed by atoms with van der Waals surface area (Å²) in [6.07, 6.45) is 31.8. The number of esters is 2. The van der Waals surface area contributed by atoms with Crippen molar-refractivity contribution in [2.45, 2.75) is 221 Å². The normalized spacial score (nSPS) is 13.6. The number of quaternary nitrogens is 1. The zero-order chi connectivity index (χ0) is 38.6. The molecule has 0 saturated carbocycles. The third kappa shape index (κ3) is 31.5. The highest BCUT2D eigenvalue weighted by atomic mass is 31.2. The molecule has 0 aromatic heterocycles. The number of hydrogen-bond acceptors (Lipinski definition) is 7. The fourth-order valence-electron chi connectivity index (χ4n) is 6.94. The van der Waals surface area contributed by atoms with Gasteiger partial charge in [-0.05, 0) is 33.6 Å². The van der Waals surface area contributed by atoms with Crippen LogP contribution in [0.2, 0.25) is 0 Å². The van der Waals surface area contributed by atoms with Gasteiger partial charge in [0.1, 0.15) is 19.8 Å². The minimum Gasteiger partial charge on any atom is -0.631 e. The van der Waals surface area contributed by atoms with E-state index in [4.69, 9.17) is 14.0 Å². The van der Waals surface area contributed by atoms with Crippen LogP contribution >= 0.6 is 7.94 Å². The maximum Gasteiger partial charge on any atom is 0.306 e. The SMILES string of the molecule is CCCCCCCCCCCCCCCC(=O)OC[C@H](CO[P+]([O-])(O)CC[N+](CC)(CC)CC)OC(=O)CCCCCCCCCCCCCCC. The molecule has 8 nitrogen and oxygen atoms in total. The Balaban J connectivity index is 4.52. The number of rotatable bonds is 40. The Bertz CT molecular complexity index is 800. The summed E-state index contributed by atoms with van der Waals surface area (Å²) in [5.74, 6) is -0.709.